The molecule has 0 radical (unpaired) electrons. The lowest BCUT2D eigenvalue weighted by molar-refractivity contribution is -0.145. The number of halogens is 3. The van der Waals surface area contributed by atoms with Gasteiger partial charge in [0.05, 0.1) is 18.8 Å². The quantitative estimate of drug-likeness (QED) is 0.655. The summed E-state index contributed by atoms with van der Waals surface area (Å²) in [6.07, 6.45) is -5.51. The Hall–Kier alpha value is -1.67. The Morgan fingerprint density at radius 1 is 1.33 bits per heavy atom. The Bertz CT molecular complexity index is 514. The van der Waals surface area contributed by atoms with E-state index in [1.165, 1.54) is 19.1 Å². The largest absolute Gasteiger partial charge is 0.467 e. The summed E-state index contributed by atoms with van der Waals surface area (Å²) in [5.74, 6) is -0.723. The van der Waals surface area contributed by atoms with Crippen molar-refractivity contribution < 1.29 is 27.8 Å². The Morgan fingerprint density at radius 3 is 2.24 bits per heavy atom. The Morgan fingerprint density at radius 2 is 1.86 bits per heavy atom. The van der Waals surface area contributed by atoms with Crippen molar-refractivity contribution in [3.63, 3.8) is 0 Å². The van der Waals surface area contributed by atoms with Crippen LogP contribution in [0.1, 0.15) is 18.1 Å². The van der Waals surface area contributed by atoms with Gasteiger partial charge in [-0.25, -0.2) is 4.79 Å². The van der Waals surface area contributed by atoms with E-state index in [4.69, 9.17) is 12.2 Å². The Kier molecular flexibility index (Phi) is 5.68. The molecular weight excluding hydrogens is 307 g/mol. The fourth-order valence-electron chi connectivity index (χ4n) is 1.54. The molecule has 21 heavy (non-hydrogen) atoms. The lowest BCUT2D eigenvalue weighted by Crippen LogP contribution is -2.47. The lowest BCUT2D eigenvalue weighted by atomic mass is 10.1. The van der Waals surface area contributed by atoms with Gasteiger partial charge >= 0.3 is 12.1 Å². The minimum atomic E-state index is -4.43. The number of carbonyl (C=O) groups excluding carboxylic acids is 1. The van der Waals surface area contributed by atoms with Crippen LogP contribution in [0.25, 0.3) is 0 Å². The summed E-state index contributed by atoms with van der Waals surface area (Å²) >= 11 is 5.01. The maximum absolute atomic E-state index is 12.4. The number of hydrogen-bond donors (Lipinski definition) is 2. The van der Waals surface area contributed by atoms with Gasteiger partial charge in [0, 0.05) is 5.56 Å². The summed E-state index contributed by atoms with van der Waals surface area (Å²) in [5, 5.41) is 12.1. The van der Waals surface area contributed by atoms with Gasteiger partial charge in [-0.2, -0.15) is 13.2 Å². The summed E-state index contributed by atoms with van der Waals surface area (Å²) in [6, 6.07) is 3.06. The van der Waals surface area contributed by atoms with Crippen LogP contribution in [0.4, 0.5) is 13.2 Å². The molecule has 0 aliphatic heterocycles. The second-order valence-electron chi connectivity index (χ2n) is 4.29. The van der Waals surface area contributed by atoms with Crippen molar-refractivity contribution in [2.24, 2.45) is 0 Å². The fraction of sp³-hybridized carbons (Fsp3) is 0.385. The maximum atomic E-state index is 12.4. The number of alkyl halides is 3. The summed E-state index contributed by atoms with van der Waals surface area (Å²) in [7, 11) is 1.15. The lowest BCUT2D eigenvalue weighted by Gasteiger charge is -2.20. The number of thiocarbonyl (C=S) groups is 1. The molecule has 116 valence electrons. The van der Waals surface area contributed by atoms with Crippen LogP contribution in [0.5, 0.6) is 0 Å². The van der Waals surface area contributed by atoms with E-state index >= 15 is 0 Å². The minimum absolute atomic E-state index is 0.0417. The number of hydrogen-bond acceptors (Lipinski definition) is 4. The molecule has 0 saturated carbocycles. The molecule has 1 aromatic carbocycles. The molecular formula is C13H14F3NO3S. The van der Waals surface area contributed by atoms with Crippen molar-refractivity contribution in [2.45, 2.75) is 25.2 Å². The van der Waals surface area contributed by atoms with Crippen LogP contribution in [-0.4, -0.2) is 35.3 Å². The first-order chi connectivity index (χ1) is 9.66. The molecule has 0 saturated heterocycles. The molecule has 8 heteroatoms. The van der Waals surface area contributed by atoms with Gasteiger partial charge in [-0.1, -0.05) is 24.4 Å². The SMILES string of the molecule is COC(=O)C(NC(=S)c1ccc(C(F)(F)F)cc1)C(C)O. The third-order valence-corrected chi connectivity index (χ3v) is 3.05. The highest BCUT2D eigenvalue weighted by atomic mass is 32.1. The van der Waals surface area contributed by atoms with E-state index in [2.05, 4.69) is 10.1 Å². The molecule has 0 bridgehead atoms. The number of esters is 1. The van der Waals surface area contributed by atoms with Gasteiger partial charge in [0.25, 0.3) is 0 Å². The number of aliphatic hydroxyl groups excluding tert-OH is 1. The van der Waals surface area contributed by atoms with Crippen molar-refractivity contribution in [1.29, 1.82) is 0 Å². The van der Waals surface area contributed by atoms with Crippen molar-refractivity contribution in [3.8, 4) is 0 Å². The van der Waals surface area contributed by atoms with E-state index < -0.39 is 29.9 Å². The summed E-state index contributed by atoms with van der Waals surface area (Å²) in [4.78, 5) is 11.5. The molecule has 0 aromatic heterocycles. The summed E-state index contributed by atoms with van der Waals surface area (Å²) < 4.78 is 41.8. The van der Waals surface area contributed by atoms with Crippen LogP contribution in [0.15, 0.2) is 24.3 Å². The van der Waals surface area contributed by atoms with E-state index in [1.807, 2.05) is 0 Å². The Labute approximate surface area is 124 Å². The predicted octanol–water partition coefficient (Wildman–Crippen LogP) is 1.89. The van der Waals surface area contributed by atoms with Crippen LogP contribution in [0, 0.1) is 0 Å². The maximum Gasteiger partial charge on any atom is 0.416 e. The average molecular weight is 321 g/mol. The van der Waals surface area contributed by atoms with Gasteiger partial charge in [-0.05, 0) is 19.1 Å². The molecule has 1 aromatic rings. The predicted molar refractivity (Wildman–Crippen MR) is 73.8 cm³/mol. The standard InChI is InChI=1S/C13H14F3NO3S/c1-7(18)10(12(19)20-2)17-11(21)8-3-5-9(6-4-8)13(14,15)16/h3-7,10,18H,1-2H3,(H,17,21). The molecule has 0 spiro atoms. The number of carbonyl (C=O) groups is 1. The van der Waals surface area contributed by atoms with E-state index in [0.29, 0.717) is 5.56 Å². The highest BCUT2D eigenvalue weighted by Gasteiger charge is 2.30. The van der Waals surface area contributed by atoms with Gasteiger partial charge in [0.2, 0.25) is 0 Å². The first-order valence-electron chi connectivity index (χ1n) is 5.91. The Balaban J connectivity index is 2.86. The van der Waals surface area contributed by atoms with Crippen LogP contribution < -0.4 is 5.32 Å². The zero-order valence-corrected chi connectivity index (χ0v) is 12.1. The molecule has 2 unspecified atom stereocenters. The van der Waals surface area contributed by atoms with Gasteiger partial charge in [-0.15, -0.1) is 0 Å². The third kappa shape index (κ3) is 4.68. The van der Waals surface area contributed by atoms with E-state index in [-0.39, 0.29) is 4.99 Å². The number of methoxy groups -OCH3 is 1. The molecule has 2 N–H and O–H groups in total. The number of ether oxygens (including phenoxy) is 1. The average Bonchev–Trinajstić information content (AvgIpc) is 2.42. The second kappa shape index (κ2) is 6.86. The molecule has 1 rings (SSSR count). The topological polar surface area (TPSA) is 58.6 Å². The number of benzene rings is 1. The highest BCUT2D eigenvalue weighted by molar-refractivity contribution is 7.80. The van der Waals surface area contributed by atoms with Gasteiger partial charge < -0.3 is 15.2 Å². The van der Waals surface area contributed by atoms with Crippen LogP contribution >= 0.6 is 12.2 Å². The normalized spacial score (nSPS) is 14.2. The van der Waals surface area contributed by atoms with Crippen molar-refractivity contribution in [3.05, 3.63) is 35.4 Å². The zero-order chi connectivity index (χ0) is 16.2. The number of nitrogens with one attached hydrogen (secondary N) is 1. The third-order valence-electron chi connectivity index (χ3n) is 2.70. The smallest absolute Gasteiger partial charge is 0.416 e. The number of rotatable bonds is 4. The summed E-state index contributed by atoms with van der Waals surface area (Å²) in [6.45, 7) is 1.37. The zero-order valence-electron chi connectivity index (χ0n) is 11.3. The second-order valence-corrected chi connectivity index (χ2v) is 4.70. The monoisotopic (exact) mass is 321 g/mol. The van der Waals surface area contributed by atoms with E-state index in [1.54, 1.807) is 0 Å². The molecule has 0 heterocycles. The fourth-order valence-corrected chi connectivity index (χ4v) is 1.80. The number of aliphatic hydroxyl groups is 1. The van der Waals surface area contributed by atoms with Gasteiger partial charge in [-0.3, -0.25) is 0 Å². The van der Waals surface area contributed by atoms with E-state index in [9.17, 15) is 23.1 Å². The van der Waals surface area contributed by atoms with Crippen LogP contribution in [-0.2, 0) is 15.7 Å². The molecule has 0 aliphatic carbocycles. The van der Waals surface area contributed by atoms with Gasteiger partial charge in [0.1, 0.15) is 4.99 Å². The molecule has 4 nitrogen and oxygen atoms in total. The van der Waals surface area contributed by atoms with Crippen LogP contribution in [0.2, 0.25) is 0 Å². The van der Waals surface area contributed by atoms with E-state index in [0.717, 1.165) is 19.2 Å². The molecule has 2 atom stereocenters. The van der Waals surface area contributed by atoms with Crippen molar-refractivity contribution in [1.82, 2.24) is 5.32 Å². The minimum Gasteiger partial charge on any atom is -0.467 e. The first kappa shape index (κ1) is 17.4. The molecule has 0 amide bonds. The summed E-state index contributed by atoms with van der Waals surface area (Å²) in [5.41, 5.74) is -0.498. The molecule has 0 fully saturated rings. The van der Waals surface area contributed by atoms with Crippen LogP contribution in [0.3, 0.4) is 0 Å². The highest BCUT2D eigenvalue weighted by Crippen LogP contribution is 2.29. The molecule has 0 aliphatic rings. The van der Waals surface area contributed by atoms with Crippen molar-refractivity contribution >= 4 is 23.2 Å². The van der Waals surface area contributed by atoms with Gasteiger partial charge in [0.15, 0.2) is 6.04 Å². The van der Waals surface area contributed by atoms with Crippen molar-refractivity contribution in [2.75, 3.05) is 7.11 Å². The first-order valence-corrected chi connectivity index (χ1v) is 6.31.